The van der Waals surface area contributed by atoms with Crippen molar-refractivity contribution < 1.29 is 9.53 Å². The number of hydrogen-bond acceptors (Lipinski definition) is 5. The first kappa shape index (κ1) is 14.2. The van der Waals surface area contributed by atoms with Gasteiger partial charge >= 0.3 is 0 Å². The number of carbonyl (C=O) groups is 1. The highest BCUT2D eigenvalue weighted by atomic mass is 16.5. The molecule has 0 aromatic carbocycles. The largest absolute Gasteiger partial charge is 0.478 e. The Hall–Kier alpha value is -1.85. The number of anilines is 1. The van der Waals surface area contributed by atoms with Crippen molar-refractivity contribution in [2.45, 2.75) is 33.2 Å². The first-order chi connectivity index (χ1) is 8.61. The lowest BCUT2D eigenvalue weighted by Gasteiger charge is -2.09. The van der Waals surface area contributed by atoms with Crippen LogP contribution in [0.4, 0.5) is 5.95 Å². The van der Waals surface area contributed by atoms with E-state index in [9.17, 15) is 4.79 Å². The minimum absolute atomic E-state index is 0.0125. The normalized spacial score (nSPS) is 10.2. The summed E-state index contributed by atoms with van der Waals surface area (Å²) in [5.74, 6) is 1.01. The highest BCUT2D eigenvalue weighted by Crippen LogP contribution is 2.07. The van der Waals surface area contributed by atoms with E-state index in [0.29, 0.717) is 31.4 Å². The number of ether oxygens (including phenoxy) is 1. The van der Waals surface area contributed by atoms with E-state index in [0.717, 1.165) is 0 Å². The third kappa shape index (κ3) is 5.47. The van der Waals surface area contributed by atoms with Crippen LogP contribution in [0, 0.1) is 0 Å². The molecule has 0 aliphatic carbocycles. The molecule has 6 nitrogen and oxygen atoms in total. The zero-order chi connectivity index (χ0) is 13.4. The summed E-state index contributed by atoms with van der Waals surface area (Å²) in [7, 11) is 0. The monoisotopic (exact) mass is 252 g/mol. The van der Waals surface area contributed by atoms with Gasteiger partial charge in [0.15, 0.2) is 0 Å². The Kier molecular flexibility index (Phi) is 5.90. The molecule has 2 N–H and O–H groups in total. The Morgan fingerprint density at radius 2 is 2.28 bits per heavy atom. The lowest BCUT2D eigenvalue weighted by molar-refractivity contribution is -0.121. The summed E-state index contributed by atoms with van der Waals surface area (Å²) in [5, 5.41) is 5.80. The van der Waals surface area contributed by atoms with Crippen molar-refractivity contribution >= 4 is 11.9 Å². The van der Waals surface area contributed by atoms with Gasteiger partial charge in [0.2, 0.25) is 17.7 Å². The Labute approximate surface area is 107 Å². The number of hydrogen-bond donors (Lipinski definition) is 2. The van der Waals surface area contributed by atoms with Gasteiger partial charge < -0.3 is 15.4 Å². The van der Waals surface area contributed by atoms with Crippen LogP contribution in [0.15, 0.2) is 12.3 Å². The third-order valence-electron chi connectivity index (χ3n) is 2.01. The highest BCUT2D eigenvalue weighted by molar-refractivity contribution is 5.76. The Morgan fingerprint density at radius 3 is 2.94 bits per heavy atom. The first-order valence-electron chi connectivity index (χ1n) is 6.11. The molecule has 0 unspecified atom stereocenters. The molecule has 0 bridgehead atoms. The summed E-state index contributed by atoms with van der Waals surface area (Å²) in [6, 6.07) is 1.86. The summed E-state index contributed by atoms with van der Waals surface area (Å²) in [6.45, 7) is 6.81. The number of nitrogens with zero attached hydrogens (tertiary/aromatic N) is 2. The fourth-order valence-corrected chi connectivity index (χ4v) is 1.34. The summed E-state index contributed by atoms with van der Waals surface area (Å²) in [5.41, 5.74) is 0. The van der Waals surface area contributed by atoms with Crippen molar-refractivity contribution in [3.05, 3.63) is 12.3 Å². The van der Waals surface area contributed by atoms with Gasteiger partial charge in [-0.3, -0.25) is 4.79 Å². The number of rotatable bonds is 7. The molecule has 0 radical (unpaired) electrons. The van der Waals surface area contributed by atoms with Crippen LogP contribution < -0.4 is 15.4 Å². The number of nitrogens with one attached hydrogen (secondary N) is 2. The SMILES string of the molecule is CCOc1ccnc(NCCC(=O)NC(C)C)n1. The minimum Gasteiger partial charge on any atom is -0.478 e. The Balaban J connectivity index is 2.34. The molecule has 0 atom stereocenters. The van der Waals surface area contributed by atoms with Crippen LogP contribution in [-0.2, 0) is 4.79 Å². The smallest absolute Gasteiger partial charge is 0.225 e. The molecular formula is C12H20N4O2. The fourth-order valence-electron chi connectivity index (χ4n) is 1.34. The summed E-state index contributed by atoms with van der Waals surface area (Å²) in [6.07, 6.45) is 2.01. The first-order valence-corrected chi connectivity index (χ1v) is 6.11. The molecule has 0 saturated carbocycles. The fraction of sp³-hybridized carbons (Fsp3) is 0.583. The maximum atomic E-state index is 11.4. The molecule has 1 rings (SSSR count). The van der Waals surface area contributed by atoms with Crippen molar-refractivity contribution in [3.63, 3.8) is 0 Å². The van der Waals surface area contributed by atoms with Gasteiger partial charge in [0, 0.05) is 31.3 Å². The lowest BCUT2D eigenvalue weighted by Crippen LogP contribution is -2.31. The van der Waals surface area contributed by atoms with E-state index in [4.69, 9.17) is 4.74 Å². The molecule has 1 amide bonds. The van der Waals surface area contributed by atoms with Gasteiger partial charge in [-0.2, -0.15) is 4.98 Å². The molecule has 6 heteroatoms. The van der Waals surface area contributed by atoms with E-state index in [-0.39, 0.29) is 11.9 Å². The second-order valence-corrected chi connectivity index (χ2v) is 4.05. The number of aromatic nitrogens is 2. The van der Waals surface area contributed by atoms with Crippen molar-refractivity contribution in [2.75, 3.05) is 18.5 Å². The Morgan fingerprint density at radius 1 is 1.50 bits per heavy atom. The molecule has 0 saturated heterocycles. The Bertz CT molecular complexity index is 382. The van der Waals surface area contributed by atoms with Gasteiger partial charge in [-0.15, -0.1) is 0 Å². The maximum absolute atomic E-state index is 11.4. The van der Waals surface area contributed by atoms with Crippen LogP contribution in [-0.4, -0.2) is 35.1 Å². The highest BCUT2D eigenvalue weighted by Gasteiger charge is 2.04. The van der Waals surface area contributed by atoms with Crippen LogP contribution in [0.2, 0.25) is 0 Å². The molecule has 0 fully saturated rings. The van der Waals surface area contributed by atoms with E-state index in [1.54, 1.807) is 12.3 Å². The molecule has 100 valence electrons. The second kappa shape index (κ2) is 7.47. The summed E-state index contributed by atoms with van der Waals surface area (Å²) in [4.78, 5) is 19.6. The van der Waals surface area contributed by atoms with E-state index in [1.165, 1.54) is 0 Å². The van der Waals surface area contributed by atoms with E-state index in [1.807, 2.05) is 20.8 Å². The molecule has 0 aliphatic rings. The van der Waals surface area contributed by atoms with Crippen LogP contribution >= 0.6 is 0 Å². The summed E-state index contributed by atoms with van der Waals surface area (Å²) < 4.78 is 5.26. The molecule has 0 aliphatic heterocycles. The van der Waals surface area contributed by atoms with Crippen LogP contribution in [0.25, 0.3) is 0 Å². The van der Waals surface area contributed by atoms with Gasteiger partial charge in [0.05, 0.1) is 6.61 Å². The molecule has 1 heterocycles. The number of amides is 1. The standard InChI is InChI=1S/C12H20N4O2/c1-4-18-11-6-8-14-12(16-11)13-7-5-10(17)15-9(2)3/h6,8-9H,4-5,7H2,1-3H3,(H,15,17)(H,13,14,16). The maximum Gasteiger partial charge on any atom is 0.225 e. The van der Waals surface area contributed by atoms with Gasteiger partial charge in [-0.25, -0.2) is 4.98 Å². The van der Waals surface area contributed by atoms with Gasteiger partial charge in [-0.1, -0.05) is 0 Å². The zero-order valence-corrected chi connectivity index (χ0v) is 11.1. The van der Waals surface area contributed by atoms with Crippen molar-refractivity contribution in [1.82, 2.24) is 15.3 Å². The second-order valence-electron chi connectivity index (χ2n) is 4.05. The summed E-state index contributed by atoms with van der Waals surface area (Å²) >= 11 is 0. The van der Waals surface area contributed by atoms with Crippen molar-refractivity contribution in [1.29, 1.82) is 0 Å². The van der Waals surface area contributed by atoms with Crippen molar-refractivity contribution in [2.24, 2.45) is 0 Å². The average Bonchev–Trinajstić information content (AvgIpc) is 2.29. The average molecular weight is 252 g/mol. The van der Waals surface area contributed by atoms with Gasteiger partial charge in [0.1, 0.15) is 0 Å². The molecule has 1 aromatic rings. The molecule has 1 aromatic heterocycles. The predicted octanol–water partition coefficient (Wildman–Crippen LogP) is 1.20. The van der Waals surface area contributed by atoms with Gasteiger partial charge in [-0.05, 0) is 20.8 Å². The topological polar surface area (TPSA) is 76.1 Å². The minimum atomic E-state index is 0.0125. The van der Waals surface area contributed by atoms with Gasteiger partial charge in [0.25, 0.3) is 0 Å². The third-order valence-corrected chi connectivity index (χ3v) is 2.01. The van der Waals surface area contributed by atoms with Crippen LogP contribution in [0.1, 0.15) is 27.2 Å². The lowest BCUT2D eigenvalue weighted by atomic mass is 10.3. The number of carbonyl (C=O) groups excluding carboxylic acids is 1. The van der Waals surface area contributed by atoms with Crippen LogP contribution in [0.5, 0.6) is 5.88 Å². The van der Waals surface area contributed by atoms with E-state index >= 15 is 0 Å². The van der Waals surface area contributed by atoms with Crippen molar-refractivity contribution in [3.8, 4) is 5.88 Å². The molecule has 0 spiro atoms. The van der Waals surface area contributed by atoms with E-state index in [2.05, 4.69) is 20.6 Å². The predicted molar refractivity (Wildman–Crippen MR) is 69.6 cm³/mol. The molecule has 18 heavy (non-hydrogen) atoms. The zero-order valence-electron chi connectivity index (χ0n) is 11.1. The van der Waals surface area contributed by atoms with E-state index < -0.39 is 0 Å². The van der Waals surface area contributed by atoms with Crippen LogP contribution in [0.3, 0.4) is 0 Å². The quantitative estimate of drug-likeness (QED) is 0.762. The molecular weight excluding hydrogens is 232 g/mol.